The average Bonchev–Trinajstić information content (AvgIpc) is 3.13. The minimum atomic E-state index is -1.02. The fraction of sp³-hybridized carbons (Fsp3) is 0.304. The summed E-state index contributed by atoms with van der Waals surface area (Å²) in [5, 5.41) is 12.7. The van der Waals surface area contributed by atoms with Gasteiger partial charge in [-0.25, -0.2) is 4.39 Å². The normalized spacial score (nSPS) is 14.9. The maximum atomic E-state index is 13.9. The second-order valence-corrected chi connectivity index (χ2v) is 8.19. The predicted molar refractivity (Wildman–Crippen MR) is 113 cm³/mol. The Morgan fingerprint density at radius 2 is 1.86 bits per heavy atom. The molecule has 2 aromatic carbocycles. The van der Waals surface area contributed by atoms with E-state index in [0.717, 1.165) is 17.3 Å². The van der Waals surface area contributed by atoms with Crippen LogP contribution in [0.4, 0.5) is 18.0 Å². The number of rotatable bonds is 9. The number of carboxylic acids is 1. The summed E-state index contributed by atoms with van der Waals surface area (Å²) in [7, 11) is 0. The van der Waals surface area contributed by atoms with Crippen LogP contribution in [0, 0.1) is 5.82 Å². The number of fused-ring (bicyclic) bond motifs is 3. The zero-order valence-electron chi connectivity index (χ0n) is 18.2. The first-order valence-electron chi connectivity index (χ1n) is 10.7. The van der Waals surface area contributed by atoms with E-state index in [1.807, 2.05) is 0 Å². The summed E-state index contributed by atoms with van der Waals surface area (Å²) in [6, 6.07) is 6.07. The van der Waals surface area contributed by atoms with Gasteiger partial charge in [0, 0.05) is 48.2 Å². The van der Waals surface area contributed by atoms with Crippen LogP contribution in [0.5, 0.6) is 17.2 Å². The van der Waals surface area contributed by atoms with E-state index in [2.05, 4.69) is 20.1 Å². The number of hydrogen-bond donors (Lipinski definition) is 2. The third kappa shape index (κ3) is 4.81. The number of amides is 1. The van der Waals surface area contributed by atoms with Crippen LogP contribution < -0.4 is 20.1 Å². The number of hydrogen-bond acceptors (Lipinski definition) is 5. The third-order valence-corrected chi connectivity index (χ3v) is 6.10. The number of carboxylic acid groups (broad SMARTS) is 1. The lowest BCUT2D eigenvalue weighted by atomic mass is 9.91. The van der Waals surface area contributed by atoms with Crippen molar-refractivity contribution in [3.8, 4) is 17.2 Å². The van der Waals surface area contributed by atoms with E-state index >= 15 is 0 Å². The standard InChI is InChI=1S/C23H20F4N2O6/c24-13-3-5-17-15(9-13)16-10-14(4-6-18(16)29(17)11-21(31)32)28-20(30)8-2-12-1-7-19(33-25)23(35-27)22(12)34-26/h1,3,5,7,9,14H,2,4,6,8,10-11H2,(H,28,30)(H,31,32)/t14-/m0/s1. The van der Waals surface area contributed by atoms with Gasteiger partial charge in [0.1, 0.15) is 12.4 Å². The van der Waals surface area contributed by atoms with Crippen molar-refractivity contribution >= 4 is 22.8 Å². The second kappa shape index (κ2) is 10.1. The molecule has 1 aliphatic carbocycles. The zero-order valence-corrected chi connectivity index (χ0v) is 18.2. The SMILES string of the molecule is O=C(O)Cn1c2c(c3cc(F)ccc31)C[C@@H](NC(=O)CCc1ccc(OF)c(OF)c1OF)CC2. The van der Waals surface area contributed by atoms with Gasteiger partial charge in [-0.1, -0.05) is 6.07 Å². The van der Waals surface area contributed by atoms with Crippen LogP contribution >= 0.6 is 0 Å². The molecule has 0 unspecified atom stereocenters. The first-order chi connectivity index (χ1) is 16.9. The van der Waals surface area contributed by atoms with E-state index in [4.69, 9.17) is 0 Å². The summed E-state index contributed by atoms with van der Waals surface area (Å²) < 4.78 is 53.7. The molecule has 3 aromatic rings. The Bertz CT molecular complexity index is 1280. The highest BCUT2D eigenvalue weighted by Gasteiger charge is 2.28. The molecule has 8 nitrogen and oxygen atoms in total. The number of carbonyl (C=O) groups is 2. The van der Waals surface area contributed by atoms with E-state index in [1.54, 1.807) is 10.6 Å². The van der Waals surface area contributed by atoms with Crippen LogP contribution in [0.2, 0.25) is 0 Å². The molecule has 2 N–H and O–H groups in total. The summed E-state index contributed by atoms with van der Waals surface area (Å²) in [4.78, 5) is 34.3. The van der Waals surface area contributed by atoms with Crippen molar-refractivity contribution in [1.29, 1.82) is 0 Å². The molecule has 0 spiro atoms. The molecule has 1 heterocycles. The van der Waals surface area contributed by atoms with Crippen molar-refractivity contribution < 1.29 is 47.5 Å². The minimum Gasteiger partial charge on any atom is -0.480 e. The van der Waals surface area contributed by atoms with Crippen molar-refractivity contribution in [3.63, 3.8) is 0 Å². The molecule has 1 aromatic heterocycles. The molecule has 1 aliphatic rings. The van der Waals surface area contributed by atoms with Crippen LogP contribution in [-0.4, -0.2) is 27.6 Å². The highest BCUT2D eigenvalue weighted by atomic mass is 19.3. The van der Waals surface area contributed by atoms with Crippen LogP contribution in [0.1, 0.15) is 29.7 Å². The maximum absolute atomic E-state index is 13.9. The van der Waals surface area contributed by atoms with Gasteiger partial charge in [-0.2, -0.15) is 0 Å². The molecule has 0 saturated carbocycles. The smallest absolute Gasteiger partial charge is 0.323 e. The zero-order chi connectivity index (χ0) is 25.1. The number of nitrogens with one attached hydrogen (secondary N) is 1. The minimum absolute atomic E-state index is 0.0502. The molecule has 1 atom stereocenters. The van der Waals surface area contributed by atoms with Crippen LogP contribution in [0.3, 0.4) is 0 Å². The fourth-order valence-corrected chi connectivity index (χ4v) is 4.61. The van der Waals surface area contributed by atoms with Gasteiger partial charge in [-0.05, 0) is 55.5 Å². The average molecular weight is 496 g/mol. The maximum Gasteiger partial charge on any atom is 0.323 e. The largest absolute Gasteiger partial charge is 0.480 e. The second-order valence-electron chi connectivity index (χ2n) is 8.19. The fourth-order valence-electron chi connectivity index (χ4n) is 4.61. The van der Waals surface area contributed by atoms with Crippen LogP contribution in [0.25, 0.3) is 10.9 Å². The number of aryl methyl sites for hydroxylation is 1. The van der Waals surface area contributed by atoms with Gasteiger partial charge in [0.15, 0.2) is 0 Å². The van der Waals surface area contributed by atoms with Crippen molar-refractivity contribution in [2.45, 2.75) is 44.7 Å². The number of aliphatic carboxylic acids is 1. The van der Waals surface area contributed by atoms with Crippen LogP contribution in [-0.2, 0) is 35.4 Å². The van der Waals surface area contributed by atoms with Crippen molar-refractivity contribution in [2.75, 3.05) is 0 Å². The molecule has 0 saturated heterocycles. The van der Waals surface area contributed by atoms with E-state index < -0.39 is 34.9 Å². The van der Waals surface area contributed by atoms with Gasteiger partial charge in [-0.3, -0.25) is 24.4 Å². The van der Waals surface area contributed by atoms with Gasteiger partial charge in [0.05, 0.1) is 0 Å². The number of halogens is 4. The Kier molecular flexibility index (Phi) is 6.99. The lowest BCUT2D eigenvalue weighted by molar-refractivity contribution is -0.137. The third-order valence-electron chi connectivity index (χ3n) is 6.10. The predicted octanol–water partition coefficient (Wildman–Crippen LogP) is 4.26. The van der Waals surface area contributed by atoms with Crippen molar-refractivity contribution in [1.82, 2.24) is 9.88 Å². The van der Waals surface area contributed by atoms with Crippen molar-refractivity contribution in [3.05, 3.63) is 53.0 Å². The van der Waals surface area contributed by atoms with Gasteiger partial charge in [-0.15, -0.1) is 0 Å². The van der Waals surface area contributed by atoms with Gasteiger partial charge >= 0.3 is 5.97 Å². The summed E-state index contributed by atoms with van der Waals surface area (Å²) in [6.07, 6.45) is 1.17. The molecule has 1 amide bonds. The van der Waals surface area contributed by atoms with E-state index in [9.17, 15) is 32.7 Å². The Morgan fingerprint density at radius 3 is 2.54 bits per heavy atom. The highest BCUT2D eigenvalue weighted by molar-refractivity contribution is 5.87. The number of carbonyl (C=O) groups excluding carboxylic acids is 1. The first kappa shape index (κ1) is 24.2. The quantitative estimate of drug-likeness (QED) is 0.430. The van der Waals surface area contributed by atoms with Gasteiger partial charge in [0.2, 0.25) is 17.4 Å². The van der Waals surface area contributed by atoms with Crippen LogP contribution in [0.15, 0.2) is 30.3 Å². The lowest BCUT2D eigenvalue weighted by Crippen LogP contribution is -2.39. The van der Waals surface area contributed by atoms with E-state index in [1.165, 1.54) is 18.2 Å². The summed E-state index contributed by atoms with van der Waals surface area (Å²) in [5.74, 6) is -4.27. The molecule has 0 bridgehead atoms. The molecule has 4 rings (SSSR count). The Balaban J connectivity index is 1.47. The summed E-state index contributed by atoms with van der Waals surface area (Å²) >= 11 is 0. The molecule has 12 heteroatoms. The highest BCUT2D eigenvalue weighted by Crippen LogP contribution is 2.41. The topological polar surface area (TPSA) is 99.0 Å². The monoisotopic (exact) mass is 496 g/mol. The molecule has 186 valence electrons. The van der Waals surface area contributed by atoms with Crippen molar-refractivity contribution in [2.24, 2.45) is 0 Å². The number of nitrogens with zero attached hydrogens (tertiary/aromatic N) is 1. The Hall–Kier alpha value is -3.96. The summed E-state index contributed by atoms with van der Waals surface area (Å²) in [5.41, 5.74) is 2.22. The summed E-state index contributed by atoms with van der Waals surface area (Å²) in [6.45, 7) is -0.260. The van der Waals surface area contributed by atoms with E-state index in [-0.39, 0.29) is 31.0 Å². The molecular weight excluding hydrogens is 476 g/mol. The first-order valence-corrected chi connectivity index (χ1v) is 10.7. The molecule has 0 radical (unpaired) electrons. The molecule has 0 aliphatic heterocycles. The molecular formula is C23H20F4N2O6. The lowest BCUT2D eigenvalue weighted by Gasteiger charge is -2.25. The number of aromatic nitrogens is 1. The molecule has 0 fully saturated rings. The Morgan fingerprint density at radius 1 is 1.09 bits per heavy atom. The van der Waals surface area contributed by atoms with E-state index in [0.29, 0.717) is 30.2 Å². The number of benzene rings is 2. The molecule has 35 heavy (non-hydrogen) atoms. The van der Waals surface area contributed by atoms with Gasteiger partial charge in [0.25, 0.3) is 5.75 Å². The Labute approximate surface area is 195 Å². The van der Waals surface area contributed by atoms with Gasteiger partial charge < -0.3 is 15.0 Å².